The number of benzene rings is 3. The molecule has 4 nitrogen and oxygen atoms in total. The van der Waals surface area contributed by atoms with Crippen LogP contribution in [0.5, 0.6) is 11.5 Å². The highest BCUT2D eigenvalue weighted by molar-refractivity contribution is 5.73. The van der Waals surface area contributed by atoms with Crippen molar-refractivity contribution in [3.8, 4) is 11.5 Å². The van der Waals surface area contributed by atoms with Crippen molar-refractivity contribution in [3.05, 3.63) is 96.1 Å². The number of ether oxygens (including phenoxy) is 2. The maximum atomic E-state index is 11.6. The van der Waals surface area contributed by atoms with Gasteiger partial charge >= 0.3 is 5.97 Å². The summed E-state index contributed by atoms with van der Waals surface area (Å²) < 4.78 is 11.5. The Labute approximate surface area is 152 Å². The summed E-state index contributed by atoms with van der Waals surface area (Å²) in [6.45, 7) is 0.250. The van der Waals surface area contributed by atoms with Crippen LogP contribution < -0.4 is 4.74 Å². The zero-order valence-corrected chi connectivity index (χ0v) is 14.2. The Kier molecular flexibility index (Phi) is 6.01. The summed E-state index contributed by atoms with van der Waals surface area (Å²) in [5.41, 5.74) is 1.73. The van der Waals surface area contributed by atoms with E-state index in [2.05, 4.69) is 0 Å². The van der Waals surface area contributed by atoms with Gasteiger partial charge in [0.15, 0.2) is 6.10 Å². The van der Waals surface area contributed by atoms with Crippen molar-refractivity contribution in [2.45, 2.75) is 19.1 Å². The Bertz CT molecular complexity index is 831. The second kappa shape index (κ2) is 8.83. The highest BCUT2D eigenvalue weighted by Gasteiger charge is 2.21. The molecule has 0 amide bonds. The molecule has 0 radical (unpaired) electrons. The monoisotopic (exact) mass is 348 g/mol. The minimum Gasteiger partial charge on any atom is -0.479 e. The Balaban J connectivity index is 1.72. The van der Waals surface area contributed by atoms with Gasteiger partial charge in [-0.15, -0.1) is 0 Å². The molecule has 26 heavy (non-hydrogen) atoms. The predicted molar refractivity (Wildman–Crippen MR) is 99.3 cm³/mol. The quantitative estimate of drug-likeness (QED) is 0.641. The lowest BCUT2D eigenvalue weighted by atomic mass is 10.1. The first-order chi connectivity index (χ1) is 12.7. The SMILES string of the molecule is O=C(O)C(Cc1ccccc1Oc1ccccc1)OCc1ccccc1. The highest BCUT2D eigenvalue weighted by atomic mass is 16.5. The summed E-state index contributed by atoms with van der Waals surface area (Å²) in [6.07, 6.45) is -0.721. The van der Waals surface area contributed by atoms with Gasteiger partial charge in [-0.2, -0.15) is 0 Å². The normalized spacial score (nSPS) is 11.7. The molecule has 0 saturated carbocycles. The van der Waals surface area contributed by atoms with Crippen molar-refractivity contribution >= 4 is 5.97 Å². The maximum absolute atomic E-state index is 11.6. The van der Waals surface area contributed by atoms with Crippen molar-refractivity contribution < 1.29 is 19.4 Å². The second-order valence-electron chi connectivity index (χ2n) is 5.85. The molecule has 0 bridgehead atoms. The maximum Gasteiger partial charge on any atom is 0.333 e. The van der Waals surface area contributed by atoms with Crippen LogP contribution in [-0.2, 0) is 22.6 Å². The largest absolute Gasteiger partial charge is 0.479 e. The standard InChI is InChI=1S/C22H20O4/c23-22(24)21(25-16-17-9-3-1-4-10-17)15-18-11-7-8-14-20(18)26-19-12-5-2-6-13-19/h1-14,21H,15-16H2,(H,23,24). The van der Waals surface area contributed by atoms with Gasteiger partial charge in [0.1, 0.15) is 11.5 Å². The van der Waals surface area contributed by atoms with E-state index in [1.165, 1.54) is 0 Å². The zero-order valence-electron chi connectivity index (χ0n) is 14.2. The minimum absolute atomic E-state index is 0.227. The minimum atomic E-state index is -0.990. The van der Waals surface area contributed by atoms with Gasteiger partial charge in [-0.1, -0.05) is 66.7 Å². The number of hydrogen-bond donors (Lipinski definition) is 1. The Hall–Kier alpha value is -3.11. The van der Waals surface area contributed by atoms with Crippen molar-refractivity contribution in [2.24, 2.45) is 0 Å². The van der Waals surface area contributed by atoms with Crippen LogP contribution in [0.1, 0.15) is 11.1 Å². The smallest absolute Gasteiger partial charge is 0.333 e. The molecule has 0 aromatic heterocycles. The molecule has 1 unspecified atom stereocenters. The Morgan fingerprint density at radius 1 is 0.846 bits per heavy atom. The van der Waals surface area contributed by atoms with Gasteiger partial charge in [0.2, 0.25) is 0 Å². The van der Waals surface area contributed by atoms with Crippen molar-refractivity contribution in [1.29, 1.82) is 0 Å². The van der Waals surface area contributed by atoms with Crippen molar-refractivity contribution in [1.82, 2.24) is 0 Å². The number of carboxylic acid groups (broad SMARTS) is 1. The number of para-hydroxylation sites is 2. The third kappa shape index (κ3) is 4.94. The molecule has 0 spiro atoms. The lowest BCUT2D eigenvalue weighted by Crippen LogP contribution is -2.26. The van der Waals surface area contributed by atoms with Gasteiger partial charge in [0.05, 0.1) is 6.61 Å². The van der Waals surface area contributed by atoms with Crippen LogP contribution in [0.2, 0.25) is 0 Å². The zero-order chi connectivity index (χ0) is 18.2. The average Bonchev–Trinajstić information content (AvgIpc) is 2.68. The van der Waals surface area contributed by atoms with Gasteiger partial charge in [0, 0.05) is 6.42 Å². The molecule has 3 rings (SSSR count). The van der Waals surface area contributed by atoms with E-state index < -0.39 is 12.1 Å². The number of rotatable bonds is 8. The fourth-order valence-corrected chi connectivity index (χ4v) is 2.58. The van der Waals surface area contributed by atoms with Crippen molar-refractivity contribution in [2.75, 3.05) is 0 Å². The van der Waals surface area contributed by atoms with Gasteiger partial charge < -0.3 is 14.6 Å². The van der Waals surface area contributed by atoms with E-state index in [0.717, 1.165) is 11.1 Å². The Morgan fingerprint density at radius 3 is 2.15 bits per heavy atom. The lowest BCUT2D eigenvalue weighted by Gasteiger charge is -2.16. The first-order valence-corrected chi connectivity index (χ1v) is 8.41. The summed E-state index contributed by atoms with van der Waals surface area (Å²) in [7, 11) is 0. The first kappa shape index (κ1) is 17.7. The molecule has 3 aromatic carbocycles. The fourth-order valence-electron chi connectivity index (χ4n) is 2.58. The molecule has 0 heterocycles. The molecular weight excluding hydrogens is 328 g/mol. The van der Waals surface area contributed by atoms with E-state index in [-0.39, 0.29) is 13.0 Å². The van der Waals surface area contributed by atoms with Crippen molar-refractivity contribution in [3.63, 3.8) is 0 Å². The number of aliphatic carboxylic acids is 1. The van der Waals surface area contributed by atoms with Crippen LogP contribution in [0.3, 0.4) is 0 Å². The predicted octanol–water partition coefficient (Wildman–Crippen LogP) is 4.69. The van der Waals surface area contributed by atoms with Crippen LogP contribution in [-0.4, -0.2) is 17.2 Å². The van der Waals surface area contributed by atoms with Gasteiger partial charge in [0.25, 0.3) is 0 Å². The summed E-state index contributed by atoms with van der Waals surface area (Å²) in [5.74, 6) is 0.348. The molecule has 0 aliphatic heterocycles. The summed E-state index contributed by atoms with van der Waals surface area (Å²) in [5, 5.41) is 9.53. The summed E-state index contributed by atoms with van der Waals surface area (Å²) >= 11 is 0. The van der Waals surface area contributed by atoms with E-state index in [0.29, 0.717) is 11.5 Å². The third-order valence-electron chi connectivity index (χ3n) is 3.92. The second-order valence-corrected chi connectivity index (χ2v) is 5.85. The molecule has 0 saturated heterocycles. The van der Waals surface area contributed by atoms with Gasteiger partial charge in [-0.05, 0) is 29.3 Å². The van der Waals surface area contributed by atoms with Gasteiger partial charge in [-0.3, -0.25) is 0 Å². The summed E-state index contributed by atoms with van der Waals surface area (Å²) in [6, 6.07) is 26.4. The van der Waals surface area contributed by atoms with Crippen LogP contribution in [0.4, 0.5) is 0 Å². The topological polar surface area (TPSA) is 55.8 Å². The van der Waals surface area contributed by atoms with E-state index in [9.17, 15) is 9.90 Å². The first-order valence-electron chi connectivity index (χ1n) is 8.41. The Morgan fingerprint density at radius 2 is 1.46 bits per heavy atom. The van der Waals surface area contributed by atoms with Crippen LogP contribution >= 0.6 is 0 Å². The molecule has 0 aliphatic rings. The lowest BCUT2D eigenvalue weighted by molar-refractivity contribution is -0.151. The highest BCUT2D eigenvalue weighted by Crippen LogP contribution is 2.26. The van der Waals surface area contributed by atoms with E-state index in [1.807, 2.05) is 84.9 Å². The average molecular weight is 348 g/mol. The molecule has 0 fully saturated rings. The number of hydrogen-bond acceptors (Lipinski definition) is 3. The molecule has 0 aliphatic carbocycles. The molecule has 3 aromatic rings. The number of carboxylic acids is 1. The molecular formula is C22H20O4. The molecule has 1 N–H and O–H groups in total. The van der Waals surface area contributed by atoms with E-state index in [4.69, 9.17) is 9.47 Å². The van der Waals surface area contributed by atoms with E-state index in [1.54, 1.807) is 0 Å². The molecule has 132 valence electrons. The summed E-state index contributed by atoms with van der Waals surface area (Å²) in [4.78, 5) is 11.6. The van der Waals surface area contributed by atoms with Crippen LogP contribution in [0.15, 0.2) is 84.9 Å². The third-order valence-corrected chi connectivity index (χ3v) is 3.92. The van der Waals surface area contributed by atoms with Crippen LogP contribution in [0.25, 0.3) is 0 Å². The van der Waals surface area contributed by atoms with E-state index >= 15 is 0 Å². The molecule has 1 atom stereocenters. The fraction of sp³-hybridized carbons (Fsp3) is 0.136. The molecule has 4 heteroatoms. The van der Waals surface area contributed by atoms with Crippen LogP contribution in [0, 0.1) is 0 Å². The number of carbonyl (C=O) groups is 1. The van der Waals surface area contributed by atoms with Gasteiger partial charge in [-0.25, -0.2) is 4.79 Å².